The Morgan fingerprint density at radius 3 is 2.76 bits per heavy atom. The van der Waals surface area contributed by atoms with Crippen molar-refractivity contribution in [3.63, 3.8) is 0 Å². The van der Waals surface area contributed by atoms with Crippen molar-refractivity contribution in [1.29, 1.82) is 0 Å². The van der Waals surface area contributed by atoms with E-state index >= 15 is 0 Å². The van der Waals surface area contributed by atoms with E-state index in [0.717, 1.165) is 0 Å². The van der Waals surface area contributed by atoms with Crippen molar-refractivity contribution < 1.29 is 18.3 Å². The molecular weight excluding hydrogens is 366 g/mol. The monoisotopic (exact) mass is 375 g/mol. The van der Waals surface area contributed by atoms with Crippen LogP contribution >= 0.6 is 34.2 Å². The average molecular weight is 376 g/mol. The van der Waals surface area contributed by atoms with Crippen molar-refractivity contribution in [2.24, 2.45) is 0 Å². The Balaban J connectivity index is 3.34. The minimum atomic E-state index is -2.83. The molecule has 0 fully saturated rings. The summed E-state index contributed by atoms with van der Waals surface area (Å²) in [6.07, 6.45) is -1.58. The molecule has 7 heteroatoms. The molecule has 0 saturated carbocycles. The molecule has 0 aliphatic heterocycles. The highest BCUT2D eigenvalue weighted by atomic mass is 127. The number of rotatable bonds is 4. The van der Waals surface area contributed by atoms with Crippen LogP contribution in [0, 0.1) is 3.57 Å². The number of halogens is 4. The molecule has 0 bridgehead atoms. The van der Waals surface area contributed by atoms with Crippen LogP contribution < -0.4 is 0 Å². The highest BCUT2D eigenvalue weighted by molar-refractivity contribution is 14.1. The van der Waals surface area contributed by atoms with Gasteiger partial charge in [0.2, 0.25) is 0 Å². The van der Waals surface area contributed by atoms with Crippen LogP contribution in [0.2, 0.25) is 0 Å². The lowest BCUT2D eigenvalue weighted by atomic mass is 10.1. The summed E-state index contributed by atoms with van der Waals surface area (Å²) in [6.45, 7) is 1.72. The van der Waals surface area contributed by atoms with Crippen LogP contribution in [0.3, 0.4) is 0 Å². The maximum Gasteiger partial charge on any atom is 0.341 e. The number of alkyl halides is 3. The second-order valence-electron chi connectivity index (χ2n) is 3.01. The van der Waals surface area contributed by atoms with Crippen molar-refractivity contribution in [2.45, 2.75) is 19.2 Å². The summed E-state index contributed by atoms with van der Waals surface area (Å²) in [5.41, 5.74) is -0.234. The first-order chi connectivity index (χ1) is 8.02. The first-order valence-corrected chi connectivity index (χ1v) is 6.32. The van der Waals surface area contributed by atoms with Gasteiger partial charge in [-0.2, -0.15) is 0 Å². The molecule has 94 valence electrons. The van der Waals surface area contributed by atoms with Gasteiger partial charge < -0.3 is 4.74 Å². The fraction of sp³-hybridized carbons (Fsp3) is 0.400. The molecule has 0 saturated heterocycles. The van der Waals surface area contributed by atoms with Crippen molar-refractivity contribution >= 4 is 40.2 Å². The number of nitrogens with zero attached hydrogens (tertiary/aromatic N) is 1. The molecular formula is C10H9ClF2INO2. The number of pyridine rings is 1. The molecule has 17 heavy (non-hydrogen) atoms. The van der Waals surface area contributed by atoms with E-state index in [1.807, 2.05) is 0 Å². The Morgan fingerprint density at radius 1 is 1.65 bits per heavy atom. The van der Waals surface area contributed by atoms with E-state index in [1.54, 1.807) is 29.5 Å². The van der Waals surface area contributed by atoms with Gasteiger partial charge in [-0.1, -0.05) is 0 Å². The number of esters is 1. The summed E-state index contributed by atoms with van der Waals surface area (Å²) in [5, 5.41) is 0. The highest BCUT2D eigenvalue weighted by Gasteiger charge is 2.25. The molecule has 0 aliphatic rings. The lowest BCUT2D eigenvalue weighted by molar-refractivity contribution is 0.0511. The molecule has 0 atom stereocenters. The van der Waals surface area contributed by atoms with Crippen molar-refractivity contribution in [3.05, 3.63) is 26.6 Å². The third kappa shape index (κ3) is 3.25. The highest BCUT2D eigenvalue weighted by Crippen LogP contribution is 2.28. The van der Waals surface area contributed by atoms with Crippen LogP contribution in [-0.2, 0) is 10.6 Å². The van der Waals surface area contributed by atoms with Crippen LogP contribution in [0.4, 0.5) is 8.78 Å². The Kier molecular flexibility index (Phi) is 5.51. The summed E-state index contributed by atoms with van der Waals surface area (Å²) < 4.78 is 30.6. The van der Waals surface area contributed by atoms with Crippen molar-refractivity contribution in [1.82, 2.24) is 4.98 Å². The Labute approximate surface area is 116 Å². The van der Waals surface area contributed by atoms with Gasteiger partial charge in [0.25, 0.3) is 6.43 Å². The van der Waals surface area contributed by atoms with E-state index in [0.29, 0.717) is 9.13 Å². The van der Waals surface area contributed by atoms with Crippen LogP contribution in [0.15, 0.2) is 6.20 Å². The molecule has 0 N–H and O–H groups in total. The standard InChI is InChI=1S/C10H9ClF2INO2/c1-2-17-10(16)6-7(14)5(3-11)4-15-8(6)9(12)13/h4,9H,2-3H2,1H3. The van der Waals surface area contributed by atoms with Crippen molar-refractivity contribution in [3.8, 4) is 0 Å². The van der Waals surface area contributed by atoms with E-state index in [4.69, 9.17) is 16.3 Å². The van der Waals surface area contributed by atoms with Gasteiger partial charge in [-0.25, -0.2) is 13.6 Å². The number of carbonyl (C=O) groups excluding carboxylic acids is 1. The molecule has 0 unspecified atom stereocenters. The lowest BCUT2D eigenvalue weighted by Crippen LogP contribution is -2.13. The van der Waals surface area contributed by atoms with Crippen LogP contribution in [-0.4, -0.2) is 17.6 Å². The molecule has 1 aromatic rings. The first kappa shape index (κ1) is 14.6. The predicted molar refractivity (Wildman–Crippen MR) is 67.4 cm³/mol. The van der Waals surface area contributed by atoms with Gasteiger partial charge in [0.05, 0.1) is 6.61 Å². The van der Waals surface area contributed by atoms with Gasteiger partial charge in [0.15, 0.2) is 0 Å². The zero-order valence-corrected chi connectivity index (χ0v) is 11.8. The fourth-order valence-corrected chi connectivity index (χ4v) is 2.45. The van der Waals surface area contributed by atoms with Crippen LogP contribution in [0.25, 0.3) is 0 Å². The maximum atomic E-state index is 12.7. The van der Waals surface area contributed by atoms with Gasteiger partial charge in [0, 0.05) is 15.6 Å². The first-order valence-electron chi connectivity index (χ1n) is 4.71. The largest absolute Gasteiger partial charge is 0.462 e. The minimum absolute atomic E-state index is 0.0984. The Morgan fingerprint density at radius 2 is 2.29 bits per heavy atom. The molecule has 1 rings (SSSR count). The minimum Gasteiger partial charge on any atom is -0.462 e. The summed E-state index contributed by atoms with van der Waals surface area (Å²) in [7, 11) is 0. The molecule has 3 nitrogen and oxygen atoms in total. The molecule has 1 heterocycles. The summed E-state index contributed by atoms with van der Waals surface area (Å²) in [5.74, 6) is -0.701. The molecule has 0 aliphatic carbocycles. The van der Waals surface area contributed by atoms with Crippen LogP contribution in [0.1, 0.15) is 35.0 Å². The SMILES string of the molecule is CCOC(=O)c1c(C(F)F)ncc(CCl)c1I. The maximum absolute atomic E-state index is 12.7. The van der Waals surface area contributed by atoms with E-state index in [9.17, 15) is 13.6 Å². The topological polar surface area (TPSA) is 39.2 Å². The molecule has 0 radical (unpaired) electrons. The number of ether oxygens (including phenoxy) is 1. The van der Waals surface area contributed by atoms with E-state index in [-0.39, 0.29) is 18.1 Å². The number of hydrogen-bond acceptors (Lipinski definition) is 3. The fourth-order valence-electron chi connectivity index (χ4n) is 1.20. The predicted octanol–water partition coefficient (Wildman–Crippen LogP) is 3.54. The van der Waals surface area contributed by atoms with Gasteiger partial charge >= 0.3 is 5.97 Å². The lowest BCUT2D eigenvalue weighted by Gasteiger charge is -2.11. The zero-order chi connectivity index (χ0) is 13.0. The molecule has 1 aromatic heterocycles. The molecule has 0 spiro atoms. The second-order valence-corrected chi connectivity index (χ2v) is 4.36. The molecule has 0 aromatic carbocycles. The van der Waals surface area contributed by atoms with E-state index < -0.39 is 18.1 Å². The second kappa shape index (κ2) is 6.44. The normalized spacial score (nSPS) is 10.7. The zero-order valence-electron chi connectivity index (χ0n) is 8.84. The number of hydrogen-bond donors (Lipinski definition) is 0. The average Bonchev–Trinajstić information content (AvgIpc) is 2.28. The smallest absolute Gasteiger partial charge is 0.341 e. The summed E-state index contributed by atoms with van der Waals surface area (Å²) in [4.78, 5) is 15.2. The number of carbonyl (C=O) groups is 1. The number of aromatic nitrogens is 1. The van der Waals surface area contributed by atoms with Gasteiger partial charge in [-0.05, 0) is 35.1 Å². The Hall–Kier alpha value is -0.500. The third-order valence-electron chi connectivity index (χ3n) is 1.95. The van der Waals surface area contributed by atoms with E-state index in [1.165, 1.54) is 6.20 Å². The summed E-state index contributed by atoms with van der Waals surface area (Å²) >= 11 is 7.43. The summed E-state index contributed by atoms with van der Waals surface area (Å²) in [6, 6.07) is 0. The van der Waals surface area contributed by atoms with Gasteiger partial charge in [-0.3, -0.25) is 4.98 Å². The Bertz CT molecular complexity index is 429. The van der Waals surface area contributed by atoms with E-state index in [2.05, 4.69) is 4.98 Å². The van der Waals surface area contributed by atoms with Gasteiger partial charge in [0.1, 0.15) is 11.3 Å². The third-order valence-corrected chi connectivity index (χ3v) is 3.47. The quantitative estimate of drug-likeness (QED) is 0.459. The van der Waals surface area contributed by atoms with Crippen molar-refractivity contribution in [2.75, 3.05) is 6.61 Å². The van der Waals surface area contributed by atoms with Gasteiger partial charge in [-0.15, -0.1) is 11.6 Å². The van der Waals surface area contributed by atoms with Crippen LogP contribution in [0.5, 0.6) is 0 Å². The molecule has 0 amide bonds.